The molecule has 0 N–H and O–H groups in total. The first-order valence-corrected chi connectivity index (χ1v) is 7.22. The molecule has 1 aromatic rings. The van der Waals surface area contributed by atoms with Gasteiger partial charge in [0.05, 0.1) is 0 Å². The topological polar surface area (TPSA) is 42.2 Å². The Labute approximate surface area is 106 Å². The molecule has 0 saturated heterocycles. The summed E-state index contributed by atoms with van der Waals surface area (Å²) in [6.45, 7) is 2.15. The largest absolute Gasteiger partial charge is 0.408 e. The van der Waals surface area contributed by atoms with Crippen molar-refractivity contribution in [2.24, 2.45) is 0 Å². The van der Waals surface area contributed by atoms with Crippen molar-refractivity contribution in [3.63, 3.8) is 0 Å². The second kappa shape index (κ2) is 7.01. The molecule has 0 radical (unpaired) electrons. The van der Waals surface area contributed by atoms with Gasteiger partial charge in [0.25, 0.3) is 0 Å². The summed E-state index contributed by atoms with van der Waals surface area (Å²) in [7, 11) is 1.98. The minimum absolute atomic E-state index is 0.400. The molecule has 0 amide bonds. The van der Waals surface area contributed by atoms with E-state index in [1.807, 2.05) is 23.7 Å². The van der Waals surface area contributed by atoms with E-state index in [9.17, 15) is 0 Å². The highest BCUT2D eigenvalue weighted by atomic mass is 35.5. The van der Waals surface area contributed by atoms with Crippen LogP contribution in [0.2, 0.25) is 0 Å². The van der Waals surface area contributed by atoms with Crippen LogP contribution in [0.4, 0.5) is 6.01 Å². The summed E-state index contributed by atoms with van der Waals surface area (Å²) in [5, 5.41) is 7.95. The van der Waals surface area contributed by atoms with Gasteiger partial charge in [-0.15, -0.1) is 16.7 Å². The van der Waals surface area contributed by atoms with E-state index >= 15 is 0 Å². The summed E-state index contributed by atoms with van der Waals surface area (Å²) in [6, 6.07) is 0.977. The third kappa shape index (κ3) is 3.87. The molecule has 16 heavy (non-hydrogen) atoms. The average Bonchev–Trinajstić information content (AvgIpc) is 2.74. The van der Waals surface area contributed by atoms with Crippen LogP contribution in [0, 0.1) is 0 Å². The van der Waals surface area contributed by atoms with Gasteiger partial charge in [-0.2, -0.15) is 11.8 Å². The van der Waals surface area contributed by atoms with Crippen molar-refractivity contribution in [2.75, 3.05) is 29.8 Å². The Morgan fingerprint density at radius 1 is 1.50 bits per heavy atom. The van der Waals surface area contributed by atoms with Crippen LogP contribution in [0.5, 0.6) is 0 Å². The van der Waals surface area contributed by atoms with Gasteiger partial charge in [0.15, 0.2) is 0 Å². The van der Waals surface area contributed by atoms with E-state index in [0.717, 1.165) is 12.2 Å². The van der Waals surface area contributed by atoms with Crippen molar-refractivity contribution < 1.29 is 4.42 Å². The molecule has 6 heteroatoms. The zero-order chi connectivity index (χ0) is 12.0. The molecule has 1 unspecified atom stereocenters. The van der Waals surface area contributed by atoms with E-state index in [2.05, 4.69) is 23.4 Å². The first-order chi connectivity index (χ1) is 7.69. The van der Waals surface area contributed by atoms with Crippen LogP contribution in [-0.2, 0) is 6.42 Å². The van der Waals surface area contributed by atoms with Crippen LogP contribution in [0.3, 0.4) is 0 Å². The maximum Gasteiger partial charge on any atom is 0.318 e. The van der Waals surface area contributed by atoms with Crippen LogP contribution >= 0.6 is 23.4 Å². The number of aromatic nitrogens is 2. The molecule has 0 aliphatic heterocycles. The van der Waals surface area contributed by atoms with Gasteiger partial charge < -0.3 is 9.32 Å². The molecular weight excluding hydrogens is 246 g/mol. The Balaban J connectivity index is 2.53. The summed E-state index contributed by atoms with van der Waals surface area (Å²) in [5.74, 6) is 2.25. The van der Waals surface area contributed by atoms with Crippen molar-refractivity contribution in [3.8, 4) is 0 Å². The predicted octanol–water partition coefficient (Wildman–Crippen LogP) is 2.43. The fourth-order valence-corrected chi connectivity index (χ4v) is 1.98. The Morgan fingerprint density at radius 2 is 2.25 bits per heavy atom. The molecule has 1 atom stereocenters. The molecule has 1 aromatic heterocycles. The predicted molar refractivity (Wildman–Crippen MR) is 69.6 cm³/mol. The fourth-order valence-electron chi connectivity index (χ4n) is 1.24. The molecule has 92 valence electrons. The standard InChI is InChI=1S/C10H18ClN3OS/c1-8(5-7-16-3)14(2)10-13-12-9(15-10)4-6-11/h8H,4-7H2,1-3H3. The molecule has 0 spiro atoms. The quantitative estimate of drug-likeness (QED) is 0.707. The van der Waals surface area contributed by atoms with Gasteiger partial charge in [-0.05, 0) is 25.4 Å². The summed E-state index contributed by atoms with van der Waals surface area (Å²) in [4.78, 5) is 2.01. The monoisotopic (exact) mass is 263 g/mol. The number of thioether (sulfide) groups is 1. The molecule has 0 aromatic carbocycles. The zero-order valence-electron chi connectivity index (χ0n) is 9.94. The molecule has 0 fully saturated rings. The highest BCUT2D eigenvalue weighted by Crippen LogP contribution is 2.16. The number of halogens is 1. The van der Waals surface area contributed by atoms with Crippen LogP contribution < -0.4 is 4.90 Å². The van der Waals surface area contributed by atoms with Gasteiger partial charge in [0.2, 0.25) is 5.89 Å². The maximum absolute atomic E-state index is 5.61. The van der Waals surface area contributed by atoms with Crippen LogP contribution in [-0.4, -0.2) is 41.2 Å². The summed E-state index contributed by atoms with van der Waals surface area (Å²) < 4.78 is 5.50. The van der Waals surface area contributed by atoms with Gasteiger partial charge in [-0.1, -0.05) is 5.10 Å². The van der Waals surface area contributed by atoms with Crippen molar-refractivity contribution in [1.29, 1.82) is 0 Å². The lowest BCUT2D eigenvalue weighted by Crippen LogP contribution is -2.29. The first kappa shape index (κ1) is 13.6. The molecule has 0 bridgehead atoms. The summed E-state index contributed by atoms with van der Waals surface area (Å²) in [5.41, 5.74) is 0. The molecule has 0 aliphatic carbocycles. The highest BCUT2D eigenvalue weighted by Gasteiger charge is 2.15. The van der Waals surface area contributed by atoms with E-state index in [0.29, 0.717) is 30.2 Å². The first-order valence-electron chi connectivity index (χ1n) is 5.29. The minimum atomic E-state index is 0.400. The number of hydrogen-bond donors (Lipinski definition) is 0. The fraction of sp³-hybridized carbons (Fsp3) is 0.800. The van der Waals surface area contributed by atoms with Crippen molar-refractivity contribution in [3.05, 3.63) is 5.89 Å². The van der Waals surface area contributed by atoms with Gasteiger partial charge in [-0.25, -0.2) is 0 Å². The number of aryl methyl sites for hydroxylation is 1. The lowest BCUT2D eigenvalue weighted by atomic mass is 10.2. The van der Waals surface area contributed by atoms with Crippen LogP contribution in [0.25, 0.3) is 0 Å². The molecule has 4 nitrogen and oxygen atoms in total. The Hall–Kier alpha value is -0.420. The van der Waals surface area contributed by atoms with Gasteiger partial charge in [0.1, 0.15) is 0 Å². The van der Waals surface area contributed by atoms with Crippen molar-refractivity contribution >= 4 is 29.4 Å². The number of rotatable bonds is 7. The third-order valence-corrected chi connectivity index (χ3v) is 3.30. The molecule has 0 aliphatic rings. The molecule has 1 rings (SSSR count). The second-order valence-corrected chi connectivity index (χ2v) is 5.02. The summed E-state index contributed by atoms with van der Waals surface area (Å²) >= 11 is 7.46. The van der Waals surface area contributed by atoms with Crippen molar-refractivity contribution in [2.45, 2.75) is 25.8 Å². The van der Waals surface area contributed by atoms with Gasteiger partial charge >= 0.3 is 6.01 Å². The Morgan fingerprint density at radius 3 is 2.88 bits per heavy atom. The normalized spacial score (nSPS) is 12.8. The van der Waals surface area contributed by atoms with E-state index in [4.69, 9.17) is 16.0 Å². The average molecular weight is 264 g/mol. The van der Waals surface area contributed by atoms with E-state index in [1.54, 1.807) is 0 Å². The maximum atomic E-state index is 5.61. The second-order valence-electron chi connectivity index (χ2n) is 3.66. The lowest BCUT2D eigenvalue weighted by Gasteiger charge is -2.22. The Bertz CT molecular complexity index is 308. The number of nitrogens with zero attached hydrogens (tertiary/aromatic N) is 3. The Kier molecular flexibility index (Phi) is 5.98. The van der Waals surface area contributed by atoms with Crippen LogP contribution in [0.15, 0.2) is 4.42 Å². The number of anilines is 1. The van der Waals surface area contributed by atoms with E-state index < -0.39 is 0 Å². The SMILES string of the molecule is CSCCC(C)N(C)c1nnc(CCCl)o1. The number of alkyl halides is 1. The zero-order valence-corrected chi connectivity index (χ0v) is 11.5. The smallest absolute Gasteiger partial charge is 0.318 e. The molecular formula is C10H18ClN3OS. The van der Waals surface area contributed by atoms with E-state index in [-0.39, 0.29) is 0 Å². The van der Waals surface area contributed by atoms with Crippen molar-refractivity contribution in [1.82, 2.24) is 10.2 Å². The summed E-state index contributed by atoms with van der Waals surface area (Å²) in [6.07, 6.45) is 3.84. The van der Waals surface area contributed by atoms with Gasteiger partial charge in [-0.3, -0.25) is 0 Å². The van der Waals surface area contributed by atoms with Crippen LogP contribution in [0.1, 0.15) is 19.2 Å². The minimum Gasteiger partial charge on any atom is -0.408 e. The van der Waals surface area contributed by atoms with E-state index in [1.165, 1.54) is 0 Å². The molecule has 0 saturated carbocycles. The van der Waals surface area contributed by atoms with Gasteiger partial charge in [0, 0.05) is 25.4 Å². The third-order valence-electron chi connectivity index (χ3n) is 2.47. The highest BCUT2D eigenvalue weighted by molar-refractivity contribution is 7.98. The lowest BCUT2D eigenvalue weighted by molar-refractivity contribution is 0.479. The molecule has 1 heterocycles. The number of hydrogen-bond acceptors (Lipinski definition) is 5.